The number of aromatic nitrogens is 2. The van der Waals surface area contributed by atoms with Gasteiger partial charge in [-0.25, -0.2) is 0 Å². The standard InChI is InChI=1S/C18H29N3O3.C6H15N/c1-7-21-10-13(12(3)20-21)11(2)19-15(22)14-8-9-18(6,16(23)24)17(14,4)5;1-4-7(5-2)6-3/h10-11,14H,7-9H2,1-6H3,(H,19,22)(H,23,24);4-6H2,1-3H3. The first-order valence-electron chi connectivity index (χ1n) is 11.7. The van der Waals surface area contributed by atoms with Gasteiger partial charge >= 0.3 is 5.97 Å². The molecule has 0 aromatic carbocycles. The van der Waals surface area contributed by atoms with Crippen LogP contribution in [0.4, 0.5) is 0 Å². The predicted molar refractivity (Wildman–Crippen MR) is 125 cm³/mol. The number of rotatable bonds is 8. The lowest BCUT2D eigenvalue weighted by Crippen LogP contribution is -2.45. The van der Waals surface area contributed by atoms with E-state index in [-0.39, 0.29) is 17.9 Å². The van der Waals surface area contributed by atoms with Crippen LogP contribution in [0.2, 0.25) is 0 Å². The Morgan fingerprint density at radius 1 is 1.23 bits per heavy atom. The summed E-state index contributed by atoms with van der Waals surface area (Å²) >= 11 is 0. The molecule has 1 aliphatic rings. The molecule has 0 saturated heterocycles. The van der Waals surface area contributed by atoms with Crippen LogP contribution in [0.15, 0.2) is 6.20 Å². The molecule has 0 bridgehead atoms. The number of carbonyl (C=O) groups is 2. The first-order valence-corrected chi connectivity index (χ1v) is 11.7. The van der Waals surface area contributed by atoms with Gasteiger partial charge < -0.3 is 15.3 Å². The zero-order valence-corrected chi connectivity index (χ0v) is 21.1. The largest absolute Gasteiger partial charge is 0.481 e. The Morgan fingerprint density at radius 2 is 1.77 bits per heavy atom. The van der Waals surface area contributed by atoms with Crippen molar-refractivity contribution in [3.63, 3.8) is 0 Å². The second-order valence-electron chi connectivity index (χ2n) is 9.33. The Morgan fingerprint density at radius 3 is 2.13 bits per heavy atom. The number of aliphatic carboxylic acids is 1. The molecule has 1 aromatic rings. The van der Waals surface area contributed by atoms with E-state index in [0.29, 0.717) is 12.8 Å². The van der Waals surface area contributed by atoms with Crippen molar-refractivity contribution < 1.29 is 14.7 Å². The van der Waals surface area contributed by atoms with Gasteiger partial charge in [-0.2, -0.15) is 5.10 Å². The quantitative estimate of drug-likeness (QED) is 0.636. The highest BCUT2D eigenvalue weighted by Crippen LogP contribution is 2.56. The number of hydrogen-bond donors (Lipinski definition) is 2. The van der Waals surface area contributed by atoms with Crippen molar-refractivity contribution in [1.82, 2.24) is 20.0 Å². The van der Waals surface area contributed by atoms with E-state index >= 15 is 0 Å². The Hall–Kier alpha value is -1.89. The molecule has 31 heavy (non-hydrogen) atoms. The van der Waals surface area contributed by atoms with E-state index < -0.39 is 16.8 Å². The van der Waals surface area contributed by atoms with E-state index in [1.807, 2.05) is 45.5 Å². The van der Waals surface area contributed by atoms with Gasteiger partial charge in [0.25, 0.3) is 0 Å². The van der Waals surface area contributed by atoms with E-state index in [0.717, 1.165) is 17.8 Å². The second kappa shape index (κ2) is 11.1. The second-order valence-corrected chi connectivity index (χ2v) is 9.33. The topological polar surface area (TPSA) is 87.5 Å². The first-order chi connectivity index (χ1) is 14.4. The number of nitrogens with zero attached hydrogens (tertiary/aromatic N) is 3. The van der Waals surface area contributed by atoms with Crippen molar-refractivity contribution in [2.75, 3.05) is 19.6 Å². The summed E-state index contributed by atoms with van der Waals surface area (Å²) in [6.07, 6.45) is 3.08. The zero-order chi connectivity index (χ0) is 24.0. The van der Waals surface area contributed by atoms with E-state index in [2.05, 4.69) is 36.1 Å². The molecule has 1 aromatic heterocycles. The number of aryl methyl sites for hydroxylation is 2. The van der Waals surface area contributed by atoms with Crippen molar-refractivity contribution in [3.05, 3.63) is 17.5 Å². The predicted octanol–water partition coefficient (Wildman–Crippen LogP) is 4.26. The normalized spacial score (nSPS) is 23.2. The van der Waals surface area contributed by atoms with Crippen LogP contribution >= 0.6 is 0 Å². The van der Waals surface area contributed by atoms with Crippen LogP contribution in [0.1, 0.15) is 85.5 Å². The molecule has 1 heterocycles. The van der Waals surface area contributed by atoms with Crippen molar-refractivity contribution in [1.29, 1.82) is 0 Å². The van der Waals surface area contributed by atoms with Crippen LogP contribution in [-0.4, -0.2) is 51.3 Å². The van der Waals surface area contributed by atoms with Crippen molar-refractivity contribution in [2.24, 2.45) is 16.7 Å². The maximum absolute atomic E-state index is 12.8. The molecule has 2 N–H and O–H groups in total. The monoisotopic (exact) mass is 436 g/mol. The first kappa shape index (κ1) is 27.1. The molecule has 7 nitrogen and oxygen atoms in total. The maximum Gasteiger partial charge on any atom is 0.309 e. The minimum absolute atomic E-state index is 0.0684. The Labute approximate surface area is 188 Å². The molecular weight excluding hydrogens is 392 g/mol. The molecule has 1 saturated carbocycles. The summed E-state index contributed by atoms with van der Waals surface area (Å²) in [5, 5.41) is 17.1. The molecule has 1 amide bonds. The van der Waals surface area contributed by atoms with Gasteiger partial charge in [-0.15, -0.1) is 0 Å². The van der Waals surface area contributed by atoms with E-state index in [9.17, 15) is 14.7 Å². The van der Waals surface area contributed by atoms with Gasteiger partial charge in [-0.05, 0) is 65.6 Å². The van der Waals surface area contributed by atoms with E-state index in [1.54, 1.807) is 6.92 Å². The van der Waals surface area contributed by atoms with Crippen molar-refractivity contribution >= 4 is 11.9 Å². The fraction of sp³-hybridized carbons (Fsp3) is 0.792. The third-order valence-electron chi connectivity index (χ3n) is 7.49. The summed E-state index contributed by atoms with van der Waals surface area (Å²) in [6.45, 7) is 22.3. The van der Waals surface area contributed by atoms with Gasteiger partial charge in [0.1, 0.15) is 0 Å². The lowest BCUT2D eigenvalue weighted by molar-refractivity contribution is -0.155. The van der Waals surface area contributed by atoms with E-state index in [1.165, 1.54) is 19.6 Å². The zero-order valence-electron chi connectivity index (χ0n) is 21.1. The molecule has 7 heteroatoms. The van der Waals surface area contributed by atoms with E-state index in [4.69, 9.17) is 0 Å². The molecule has 0 spiro atoms. The summed E-state index contributed by atoms with van der Waals surface area (Å²) in [5.74, 6) is -1.19. The average molecular weight is 437 g/mol. The Bertz CT molecular complexity index is 734. The van der Waals surface area contributed by atoms with Crippen LogP contribution < -0.4 is 5.32 Å². The molecule has 0 radical (unpaired) electrons. The fourth-order valence-corrected chi connectivity index (χ4v) is 4.52. The number of amides is 1. The van der Waals surface area contributed by atoms with Crippen LogP contribution in [0.25, 0.3) is 0 Å². The van der Waals surface area contributed by atoms with Crippen LogP contribution in [0.3, 0.4) is 0 Å². The highest BCUT2D eigenvalue weighted by molar-refractivity contribution is 5.84. The van der Waals surface area contributed by atoms with Gasteiger partial charge in [0.2, 0.25) is 5.91 Å². The maximum atomic E-state index is 12.8. The lowest BCUT2D eigenvalue weighted by atomic mass is 9.65. The summed E-state index contributed by atoms with van der Waals surface area (Å²) in [4.78, 5) is 26.9. The number of carbonyl (C=O) groups excluding carboxylic acids is 1. The number of carboxylic acids is 1. The minimum Gasteiger partial charge on any atom is -0.481 e. The van der Waals surface area contributed by atoms with Gasteiger partial charge in [0.15, 0.2) is 0 Å². The van der Waals surface area contributed by atoms with Gasteiger partial charge in [-0.3, -0.25) is 14.3 Å². The molecular formula is C24H44N4O3. The van der Waals surface area contributed by atoms with Gasteiger partial charge in [-0.1, -0.05) is 34.6 Å². The van der Waals surface area contributed by atoms with Crippen molar-refractivity contribution in [3.8, 4) is 0 Å². The average Bonchev–Trinajstić information content (AvgIpc) is 3.21. The van der Waals surface area contributed by atoms with Crippen LogP contribution in [-0.2, 0) is 16.1 Å². The number of hydrogen-bond acceptors (Lipinski definition) is 4. The smallest absolute Gasteiger partial charge is 0.309 e. The molecule has 3 atom stereocenters. The molecule has 1 aliphatic carbocycles. The Kier molecular flexibility index (Phi) is 9.73. The SMILES string of the molecule is CCN(CC)CC.CCn1cc(C(C)NC(=O)C2CCC(C)(C(=O)O)C2(C)C)c(C)n1. The summed E-state index contributed by atoms with van der Waals surface area (Å²) in [5.41, 5.74) is 0.444. The third kappa shape index (κ3) is 5.88. The highest BCUT2D eigenvalue weighted by atomic mass is 16.4. The molecule has 0 aliphatic heterocycles. The summed E-state index contributed by atoms with van der Waals surface area (Å²) in [7, 11) is 0. The molecule has 1 fully saturated rings. The van der Waals surface area contributed by atoms with Gasteiger partial charge in [0.05, 0.1) is 17.2 Å². The minimum atomic E-state index is -0.874. The fourth-order valence-electron chi connectivity index (χ4n) is 4.52. The highest BCUT2D eigenvalue weighted by Gasteiger charge is 2.58. The summed E-state index contributed by atoms with van der Waals surface area (Å²) < 4.78 is 1.86. The molecule has 178 valence electrons. The van der Waals surface area contributed by atoms with Crippen LogP contribution in [0, 0.1) is 23.7 Å². The summed E-state index contributed by atoms with van der Waals surface area (Å²) in [6, 6.07) is -0.148. The Balaban J connectivity index is 0.000000592. The van der Waals surface area contributed by atoms with Gasteiger partial charge in [0, 0.05) is 24.2 Å². The van der Waals surface area contributed by atoms with Crippen LogP contribution in [0.5, 0.6) is 0 Å². The number of nitrogens with one attached hydrogen (secondary N) is 1. The van der Waals surface area contributed by atoms with Crippen molar-refractivity contribution in [2.45, 2.75) is 87.7 Å². The molecule has 2 rings (SSSR count). The number of carboxylic acid groups (broad SMARTS) is 1. The third-order valence-corrected chi connectivity index (χ3v) is 7.49. The lowest BCUT2D eigenvalue weighted by Gasteiger charge is -2.38. The molecule has 3 unspecified atom stereocenters.